The van der Waals surface area contributed by atoms with E-state index in [2.05, 4.69) is 61.3 Å². The Morgan fingerprint density at radius 3 is 2.74 bits per heavy atom. The molecule has 100 valence electrons. The minimum absolute atomic E-state index is 0.925. The Bertz CT molecular complexity index is 548. The third-order valence-corrected chi connectivity index (χ3v) is 4.11. The predicted molar refractivity (Wildman–Crippen MR) is 87.0 cm³/mol. The van der Waals surface area contributed by atoms with E-state index < -0.39 is 0 Å². The SMILES string of the molecule is C=C(CNCCC)CSc1ccc2ccccc2c1. The van der Waals surface area contributed by atoms with Crippen molar-refractivity contribution in [3.8, 4) is 0 Å². The molecule has 0 aliphatic rings. The van der Waals surface area contributed by atoms with E-state index in [9.17, 15) is 0 Å². The first-order chi connectivity index (χ1) is 9.29. The van der Waals surface area contributed by atoms with Crippen LogP contribution in [-0.2, 0) is 0 Å². The maximum absolute atomic E-state index is 4.12. The van der Waals surface area contributed by atoms with Gasteiger partial charge in [-0.15, -0.1) is 11.8 Å². The van der Waals surface area contributed by atoms with E-state index in [-0.39, 0.29) is 0 Å². The first-order valence-electron chi connectivity index (χ1n) is 6.78. The van der Waals surface area contributed by atoms with E-state index in [0.717, 1.165) is 18.8 Å². The molecular weight excluding hydrogens is 250 g/mol. The Hall–Kier alpha value is -1.25. The molecule has 0 atom stereocenters. The fourth-order valence-corrected chi connectivity index (χ4v) is 2.78. The fourth-order valence-electron chi connectivity index (χ4n) is 1.94. The molecule has 1 N–H and O–H groups in total. The lowest BCUT2D eigenvalue weighted by Crippen LogP contribution is -2.18. The van der Waals surface area contributed by atoms with Crippen LogP contribution in [0.2, 0.25) is 0 Å². The van der Waals surface area contributed by atoms with Crippen molar-refractivity contribution in [2.45, 2.75) is 18.2 Å². The summed E-state index contributed by atoms with van der Waals surface area (Å²) in [7, 11) is 0. The van der Waals surface area contributed by atoms with Gasteiger partial charge >= 0.3 is 0 Å². The topological polar surface area (TPSA) is 12.0 Å². The Balaban J connectivity index is 1.89. The maximum atomic E-state index is 4.12. The first-order valence-corrected chi connectivity index (χ1v) is 7.77. The van der Waals surface area contributed by atoms with Crippen molar-refractivity contribution in [1.29, 1.82) is 0 Å². The minimum atomic E-state index is 0.925. The summed E-state index contributed by atoms with van der Waals surface area (Å²) in [6, 6.07) is 15.1. The fraction of sp³-hybridized carbons (Fsp3) is 0.294. The summed E-state index contributed by atoms with van der Waals surface area (Å²) in [6.07, 6.45) is 1.17. The number of fused-ring (bicyclic) bond motifs is 1. The average molecular weight is 271 g/mol. The van der Waals surface area contributed by atoms with Gasteiger partial charge in [-0.2, -0.15) is 0 Å². The van der Waals surface area contributed by atoms with Crippen LogP contribution in [0.1, 0.15) is 13.3 Å². The second kappa shape index (κ2) is 7.37. The molecule has 0 fully saturated rings. The highest BCUT2D eigenvalue weighted by molar-refractivity contribution is 7.99. The largest absolute Gasteiger partial charge is 0.313 e. The number of benzene rings is 2. The molecule has 0 spiro atoms. The molecule has 0 radical (unpaired) electrons. The molecule has 0 unspecified atom stereocenters. The van der Waals surface area contributed by atoms with Gasteiger partial charge in [0.15, 0.2) is 0 Å². The summed E-state index contributed by atoms with van der Waals surface area (Å²) in [6.45, 7) is 8.29. The molecule has 0 saturated heterocycles. The van der Waals surface area contributed by atoms with Crippen LogP contribution in [0.5, 0.6) is 0 Å². The van der Waals surface area contributed by atoms with Crippen LogP contribution in [0, 0.1) is 0 Å². The molecule has 0 bridgehead atoms. The van der Waals surface area contributed by atoms with E-state index in [0.29, 0.717) is 0 Å². The van der Waals surface area contributed by atoms with E-state index in [1.807, 2.05) is 11.8 Å². The minimum Gasteiger partial charge on any atom is -0.313 e. The van der Waals surface area contributed by atoms with Crippen molar-refractivity contribution in [3.05, 3.63) is 54.6 Å². The molecule has 1 nitrogen and oxygen atoms in total. The quantitative estimate of drug-likeness (QED) is 0.452. The van der Waals surface area contributed by atoms with Gasteiger partial charge in [0.1, 0.15) is 0 Å². The van der Waals surface area contributed by atoms with Gasteiger partial charge in [0.05, 0.1) is 0 Å². The zero-order valence-electron chi connectivity index (χ0n) is 11.5. The van der Waals surface area contributed by atoms with Gasteiger partial charge in [0.2, 0.25) is 0 Å². The Labute approximate surface area is 120 Å². The summed E-state index contributed by atoms with van der Waals surface area (Å²) in [5.74, 6) is 0.981. The van der Waals surface area contributed by atoms with Crippen molar-refractivity contribution < 1.29 is 0 Å². The monoisotopic (exact) mass is 271 g/mol. The van der Waals surface area contributed by atoms with E-state index in [1.54, 1.807) is 0 Å². The highest BCUT2D eigenvalue weighted by Crippen LogP contribution is 2.24. The molecule has 2 heteroatoms. The number of hydrogen-bond acceptors (Lipinski definition) is 2. The lowest BCUT2D eigenvalue weighted by atomic mass is 10.1. The average Bonchev–Trinajstić information content (AvgIpc) is 2.45. The van der Waals surface area contributed by atoms with Crippen molar-refractivity contribution in [2.75, 3.05) is 18.8 Å². The normalized spacial score (nSPS) is 10.8. The molecule has 0 aliphatic carbocycles. The van der Waals surface area contributed by atoms with Crippen LogP contribution in [-0.4, -0.2) is 18.8 Å². The van der Waals surface area contributed by atoms with E-state index in [1.165, 1.54) is 27.7 Å². The van der Waals surface area contributed by atoms with Crippen LogP contribution in [0.15, 0.2) is 59.5 Å². The lowest BCUT2D eigenvalue weighted by molar-refractivity contribution is 0.716. The van der Waals surface area contributed by atoms with Crippen LogP contribution in [0.3, 0.4) is 0 Å². The summed E-state index contributed by atoms with van der Waals surface area (Å²) >= 11 is 1.86. The number of rotatable bonds is 7. The smallest absolute Gasteiger partial charge is 0.0200 e. The summed E-state index contributed by atoms with van der Waals surface area (Å²) in [4.78, 5) is 1.32. The second-order valence-electron chi connectivity index (χ2n) is 4.72. The third-order valence-electron chi connectivity index (χ3n) is 2.97. The number of hydrogen-bond donors (Lipinski definition) is 1. The van der Waals surface area contributed by atoms with Gasteiger partial charge in [-0.05, 0) is 35.9 Å². The zero-order chi connectivity index (χ0) is 13.5. The lowest BCUT2D eigenvalue weighted by Gasteiger charge is -2.07. The van der Waals surface area contributed by atoms with Crippen LogP contribution < -0.4 is 5.32 Å². The Morgan fingerprint density at radius 1 is 1.16 bits per heavy atom. The molecule has 0 aliphatic heterocycles. The standard InChI is InChI=1S/C17H21NS/c1-3-10-18-12-14(2)13-19-17-9-8-15-6-4-5-7-16(15)11-17/h4-9,11,18H,2-3,10,12-13H2,1H3. The van der Waals surface area contributed by atoms with Crippen molar-refractivity contribution in [3.63, 3.8) is 0 Å². The molecule has 2 aromatic carbocycles. The molecule has 0 aromatic heterocycles. The summed E-state index contributed by atoms with van der Waals surface area (Å²) in [5.41, 5.74) is 1.26. The molecule has 19 heavy (non-hydrogen) atoms. The van der Waals surface area contributed by atoms with E-state index >= 15 is 0 Å². The zero-order valence-corrected chi connectivity index (χ0v) is 12.3. The Kier molecular flexibility index (Phi) is 5.49. The Morgan fingerprint density at radius 2 is 1.95 bits per heavy atom. The second-order valence-corrected chi connectivity index (χ2v) is 5.77. The highest BCUT2D eigenvalue weighted by Gasteiger charge is 1.99. The van der Waals surface area contributed by atoms with Gasteiger partial charge < -0.3 is 5.32 Å². The molecule has 2 rings (SSSR count). The number of thioether (sulfide) groups is 1. The van der Waals surface area contributed by atoms with Gasteiger partial charge in [-0.3, -0.25) is 0 Å². The van der Waals surface area contributed by atoms with Crippen LogP contribution >= 0.6 is 11.8 Å². The van der Waals surface area contributed by atoms with Crippen molar-refractivity contribution in [2.24, 2.45) is 0 Å². The van der Waals surface area contributed by atoms with Crippen LogP contribution in [0.25, 0.3) is 10.8 Å². The van der Waals surface area contributed by atoms with E-state index in [4.69, 9.17) is 0 Å². The maximum Gasteiger partial charge on any atom is 0.0200 e. The van der Waals surface area contributed by atoms with Gasteiger partial charge in [-0.25, -0.2) is 0 Å². The number of nitrogens with one attached hydrogen (secondary N) is 1. The van der Waals surface area contributed by atoms with Crippen molar-refractivity contribution in [1.82, 2.24) is 5.32 Å². The first kappa shape index (κ1) is 14.2. The molecule has 0 amide bonds. The van der Waals surface area contributed by atoms with Crippen LogP contribution in [0.4, 0.5) is 0 Å². The van der Waals surface area contributed by atoms with Crippen molar-refractivity contribution >= 4 is 22.5 Å². The highest BCUT2D eigenvalue weighted by atomic mass is 32.2. The molecular formula is C17H21NS. The van der Waals surface area contributed by atoms with Gasteiger partial charge in [0, 0.05) is 17.2 Å². The summed E-state index contributed by atoms with van der Waals surface area (Å²) < 4.78 is 0. The van der Waals surface area contributed by atoms with Gasteiger partial charge in [0.25, 0.3) is 0 Å². The molecule has 2 aromatic rings. The summed E-state index contributed by atoms with van der Waals surface area (Å²) in [5, 5.41) is 6.00. The molecule has 0 heterocycles. The van der Waals surface area contributed by atoms with Gasteiger partial charge in [-0.1, -0.05) is 49.4 Å². The molecule has 0 saturated carbocycles. The third kappa shape index (κ3) is 4.41. The predicted octanol–water partition coefficient (Wildman–Crippen LogP) is 4.49.